The maximum atomic E-state index is 6.14. The first-order valence-corrected chi connectivity index (χ1v) is 12.6. The Morgan fingerprint density at radius 1 is 0.632 bits per heavy atom. The monoisotopic (exact) mass is 512 g/mol. The molecule has 0 aliphatic heterocycles. The van der Waals surface area contributed by atoms with Gasteiger partial charge in [0, 0.05) is 33.0 Å². The van der Waals surface area contributed by atoms with Crippen molar-refractivity contribution in [2.45, 2.75) is 0 Å². The van der Waals surface area contributed by atoms with Crippen molar-refractivity contribution in [1.82, 2.24) is 19.6 Å². The van der Waals surface area contributed by atoms with Crippen LogP contribution in [0.1, 0.15) is 0 Å². The van der Waals surface area contributed by atoms with Crippen LogP contribution in [0.5, 0.6) is 0 Å². The van der Waals surface area contributed by atoms with Gasteiger partial charge in [-0.05, 0) is 29.1 Å². The lowest BCUT2D eigenvalue weighted by molar-refractivity contribution is 0.942. The molecule has 0 amide bonds. The standard InChI is InChI=1S/C31H21ClN6/c32-22-16-14-20(15-17-22)26-19-33-38-29(18-28(35-31(26)38)21-8-2-1-3-9-21)36-37-30-25-12-5-4-10-23(25)24-11-6-7-13-27(24)34-30/h1-19,36H,(H,34,37). The quantitative estimate of drug-likeness (QED) is 0.181. The lowest BCUT2D eigenvalue weighted by Gasteiger charge is -2.15. The summed E-state index contributed by atoms with van der Waals surface area (Å²) in [5, 5.41) is 8.64. The third kappa shape index (κ3) is 3.88. The maximum Gasteiger partial charge on any atom is 0.165 e. The first-order chi connectivity index (χ1) is 18.7. The Bertz CT molecular complexity index is 1930. The number of nitrogens with one attached hydrogen (secondary N) is 2. The Kier molecular flexibility index (Phi) is 5.38. The summed E-state index contributed by atoms with van der Waals surface area (Å²) in [5.41, 5.74) is 12.1. The molecule has 0 bridgehead atoms. The van der Waals surface area contributed by atoms with Crippen LogP contribution in [0.2, 0.25) is 5.02 Å². The van der Waals surface area contributed by atoms with Gasteiger partial charge in [-0.1, -0.05) is 96.5 Å². The molecule has 0 aliphatic carbocycles. The molecule has 0 saturated carbocycles. The largest absolute Gasteiger partial charge is 0.283 e. The second kappa shape index (κ2) is 9.18. The number of pyridine rings is 1. The lowest BCUT2D eigenvalue weighted by Crippen LogP contribution is -2.14. The fourth-order valence-electron chi connectivity index (χ4n) is 4.76. The Morgan fingerprint density at radius 2 is 1.34 bits per heavy atom. The first kappa shape index (κ1) is 22.3. The summed E-state index contributed by atoms with van der Waals surface area (Å²) in [6.45, 7) is 0. The van der Waals surface area contributed by atoms with E-state index < -0.39 is 0 Å². The minimum absolute atomic E-state index is 0.685. The van der Waals surface area contributed by atoms with Gasteiger partial charge in [-0.15, -0.1) is 0 Å². The van der Waals surface area contributed by atoms with E-state index >= 15 is 0 Å². The van der Waals surface area contributed by atoms with Gasteiger partial charge < -0.3 is 0 Å². The van der Waals surface area contributed by atoms with Gasteiger partial charge in [0.2, 0.25) is 0 Å². The van der Waals surface area contributed by atoms with E-state index in [1.807, 2.05) is 97.2 Å². The first-order valence-electron chi connectivity index (χ1n) is 12.2. The predicted molar refractivity (Wildman–Crippen MR) is 155 cm³/mol. The van der Waals surface area contributed by atoms with Gasteiger partial charge in [0.25, 0.3) is 0 Å². The van der Waals surface area contributed by atoms with Crippen molar-refractivity contribution in [2.75, 3.05) is 10.9 Å². The molecule has 2 N–H and O–H groups in total. The number of halogens is 1. The van der Waals surface area contributed by atoms with E-state index in [-0.39, 0.29) is 0 Å². The SMILES string of the molecule is Clc1ccc(-c2cnn3c(NNc4nc5ccccc5c5ccccc45)cc(-c4ccccc4)nc23)cc1. The summed E-state index contributed by atoms with van der Waals surface area (Å²) in [5.74, 6) is 1.46. The Morgan fingerprint density at radius 3 is 2.16 bits per heavy atom. The number of benzene rings is 4. The van der Waals surface area contributed by atoms with Crippen molar-refractivity contribution in [3.8, 4) is 22.4 Å². The average molecular weight is 513 g/mol. The molecule has 0 atom stereocenters. The highest BCUT2D eigenvalue weighted by Crippen LogP contribution is 2.31. The van der Waals surface area contributed by atoms with E-state index in [0.717, 1.165) is 61.3 Å². The normalized spacial score (nSPS) is 11.3. The summed E-state index contributed by atoms with van der Waals surface area (Å²) >= 11 is 6.14. The highest BCUT2D eigenvalue weighted by atomic mass is 35.5. The van der Waals surface area contributed by atoms with E-state index in [1.54, 1.807) is 4.52 Å². The summed E-state index contributed by atoms with van der Waals surface area (Å²) in [6.07, 6.45) is 1.83. The molecule has 3 aromatic heterocycles. The van der Waals surface area contributed by atoms with Crippen LogP contribution in [0.3, 0.4) is 0 Å². The second-order valence-electron chi connectivity index (χ2n) is 8.97. The van der Waals surface area contributed by atoms with Gasteiger partial charge in [-0.2, -0.15) is 9.61 Å². The molecule has 38 heavy (non-hydrogen) atoms. The zero-order valence-corrected chi connectivity index (χ0v) is 20.9. The van der Waals surface area contributed by atoms with Gasteiger partial charge in [0.1, 0.15) is 0 Å². The number of nitrogens with zero attached hydrogens (tertiary/aromatic N) is 4. The Hall–Kier alpha value is -4.94. The molecular formula is C31H21ClN6. The van der Waals surface area contributed by atoms with Crippen molar-refractivity contribution in [3.05, 3.63) is 120 Å². The highest BCUT2D eigenvalue weighted by Gasteiger charge is 2.15. The Balaban J connectivity index is 1.36. The van der Waals surface area contributed by atoms with Crippen LogP contribution in [0.15, 0.2) is 115 Å². The summed E-state index contributed by atoms with van der Waals surface area (Å²) < 4.78 is 1.80. The van der Waals surface area contributed by atoms with Gasteiger partial charge in [0.05, 0.1) is 17.4 Å². The van der Waals surface area contributed by atoms with Crippen LogP contribution in [0, 0.1) is 0 Å². The lowest BCUT2D eigenvalue weighted by atomic mass is 10.1. The van der Waals surface area contributed by atoms with Crippen LogP contribution in [0.25, 0.3) is 49.7 Å². The van der Waals surface area contributed by atoms with Crippen molar-refractivity contribution in [3.63, 3.8) is 0 Å². The van der Waals surface area contributed by atoms with Crippen molar-refractivity contribution < 1.29 is 0 Å². The summed E-state index contributed by atoms with van der Waals surface area (Å²) in [4.78, 5) is 9.90. The number of rotatable bonds is 5. The molecular weight excluding hydrogens is 492 g/mol. The summed E-state index contributed by atoms with van der Waals surface area (Å²) in [6, 6.07) is 36.2. The maximum absolute atomic E-state index is 6.14. The fraction of sp³-hybridized carbons (Fsp3) is 0. The minimum atomic E-state index is 0.685. The second-order valence-corrected chi connectivity index (χ2v) is 9.40. The van der Waals surface area contributed by atoms with Gasteiger partial charge in [-0.3, -0.25) is 10.9 Å². The van der Waals surface area contributed by atoms with Gasteiger partial charge >= 0.3 is 0 Å². The number of hydrogen-bond acceptors (Lipinski definition) is 5. The molecule has 0 radical (unpaired) electrons. The Labute approximate surface area is 223 Å². The number of para-hydroxylation sites is 1. The zero-order valence-electron chi connectivity index (χ0n) is 20.1. The number of anilines is 2. The molecule has 7 aromatic rings. The van der Waals surface area contributed by atoms with Crippen LogP contribution in [-0.2, 0) is 0 Å². The van der Waals surface area contributed by atoms with Gasteiger partial charge in [-0.25, -0.2) is 9.97 Å². The van der Waals surface area contributed by atoms with Gasteiger partial charge in [0.15, 0.2) is 17.3 Å². The zero-order chi connectivity index (χ0) is 25.5. The number of hydrogen-bond donors (Lipinski definition) is 2. The molecule has 0 spiro atoms. The van der Waals surface area contributed by atoms with E-state index in [2.05, 4.69) is 34.1 Å². The molecule has 3 heterocycles. The predicted octanol–water partition coefficient (Wildman–Crippen LogP) is 7.86. The molecule has 182 valence electrons. The van der Waals surface area contributed by atoms with Crippen LogP contribution in [-0.4, -0.2) is 19.6 Å². The summed E-state index contributed by atoms with van der Waals surface area (Å²) in [7, 11) is 0. The van der Waals surface area contributed by atoms with Crippen molar-refractivity contribution in [1.29, 1.82) is 0 Å². The third-order valence-corrected chi connectivity index (χ3v) is 6.87. The molecule has 0 saturated heterocycles. The number of fused-ring (bicyclic) bond motifs is 4. The van der Waals surface area contributed by atoms with Crippen molar-refractivity contribution >= 4 is 50.6 Å². The molecule has 4 aromatic carbocycles. The average Bonchev–Trinajstić information content (AvgIpc) is 3.41. The smallest absolute Gasteiger partial charge is 0.165 e. The third-order valence-electron chi connectivity index (χ3n) is 6.61. The van der Waals surface area contributed by atoms with Crippen LogP contribution in [0.4, 0.5) is 11.6 Å². The van der Waals surface area contributed by atoms with Crippen LogP contribution < -0.4 is 10.9 Å². The topological polar surface area (TPSA) is 67.1 Å². The highest BCUT2D eigenvalue weighted by molar-refractivity contribution is 6.30. The van der Waals surface area contributed by atoms with Crippen molar-refractivity contribution in [2.24, 2.45) is 0 Å². The molecule has 0 aliphatic rings. The fourth-order valence-corrected chi connectivity index (χ4v) is 4.89. The van der Waals surface area contributed by atoms with E-state index in [1.165, 1.54) is 0 Å². The van der Waals surface area contributed by atoms with E-state index in [0.29, 0.717) is 5.02 Å². The van der Waals surface area contributed by atoms with Crippen LogP contribution >= 0.6 is 11.6 Å². The molecule has 6 nitrogen and oxygen atoms in total. The molecule has 0 fully saturated rings. The van der Waals surface area contributed by atoms with E-state index in [4.69, 9.17) is 21.6 Å². The number of aromatic nitrogens is 4. The molecule has 7 rings (SSSR count). The minimum Gasteiger partial charge on any atom is -0.283 e. The van der Waals surface area contributed by atoms with E-state index in [9.17, 15) is 0 Å². The molecule has 7 heteroatoms. The number of hydrazine groups is 1. The molecule has 0 unspecified atom stereocenters.